The van der Waals surface area contributed by atoms with E-state index in [4.69, 9.17) is 0 Å². The van der Waals surface area contributed by atoms with Crippen molar-refractivity contribution in [1.29, 1.82) is 0 Å². The number of amides is 1. The molecule has 21 heavy (non-hydrogen) atoms. The molecule has 2 aromatic heterocycles. The number of aromatic nitrogens is 4. The van der Waals surface area contributed by atoms with Gasteiger partial charge in [-0.2, -0.15) is 0 Å². The third-order valence-corrected chi connectivity index (χ3v) is 4.99. The zero-order chi connectivity index (χ0) is 15.2. The Bertz CT molecular complexity index is 634. The fourth-order valence-corrected chi connectivity index (χ4v) is 3.09. The number of halogens is 1. The Balaban J connectivity index is 2.13. The van der Waals surface area contributed by atoms with Gasteiger partial charge in [-0.3, -0.25) is 10.1 Å². The second-order valence-corrected chi connectivity index (χ2v) is 6.98. The first-order chi connectivity index (χ1) is 10.1. The van der Waals surface area contributed by atoms with E-state index < -0.39 is 0 Å². The van der Waals surface area contributed by atoms with Crippen molar-refractivity contribution in [2.75, 3.05) is 11.1 Å². The molecule has 9 heteroatoms. The van der Waals surface area contributed by atoms with Crippen molar-refractivity contribution < 1.29 is 4.79 Å². The number of anilines is 1. The zero-order valence-electron chi connectivity index (χ0n) is 11.6. The number of thioether (sulfide) groups is 1. The van der Waals surface area contributed by atoms with Crippen molar-refractivity contribution in [3.8, 4) is 0 Å². The van der Waals surface area contributed by atoms with Crippen LogP contribution in [0.15, 0.2) is 15.8 Å². The van der Waals surface area contributed by atoms with Gasteiger partial charge >= 0.3 is 0 Å². The fourth-order valence-electron chi connectivity index (χ4n) is 1.38. The third-order valence-electron chi connectivity index (χ3n) is 2.36. The lowest BCUT2D eigenvalue weighted by molar-refractivity contribution is 0.102. The molecular formula is C12H14BrN5OS2. The molecule has 0 aliphatic heterocycles. The van der Waals surface area contributed by atoms with Crippen LogP contribution in [0.3, 0.4) is 0 Å². The molecule has 112 valence electrons. The van der Waals surface area contributed by atoms with Crippen molar-refractivity contribution in [3.05, 3.63) is 21.4 Å². The van der Waals surface area contributed by atoms with Crippen LogP contribution < -0.4 is 5.32 Å². The first-order valence-electron chi connectivity index (χ1n) is 6.43. The minimum Gasteiger partial charge on any atom is -0.295 e. The van der Waals surface area contributed by atoms with Gasteiger partial charge < -0.3 is 0 Å². The average molecular weight is 388 g/mol. The largest absolute Gasteiger partial charge is 0.295 e. The first kappa shape index (κ1) is 16.3. The van der Waals surface area contributed by atoms with Gasteiger partial charge in [-0.15, -0.1) is 10.2 Å². The van der Waals surface area contributed by atoms with Crippen LogP contribution in [0.25, 0.3) is 0 Å². The Hall–Kier alpha value is -1.06. The minimum absolute atomic E-state index is 0.303. The van der Waals surface area contributed by atoms with Gasteiger partial charge in [0.25, 0.3) is 5.91 Å². The molecule has 0 saturated carbocycles. The van der Waals surface area contributed by atoms with Crippen LogP contribution in [0, 0.1) is 0 Å². The highest BCUT2D eigenvalue weighted by molar-refractivity contribution is 9.10. The van der Waals surface area contributed by atoms with Crippen molar-refractivity contribution in [3.63, 3.8) is 0 Å². The number of aryl methyl sites for hydroxylation is 1. The van der Waals surface area contributed by atoms with Crippen LogP contribution in [0.2, 0.25) is 0 Å². The average Bonchev–Trinajstić information content (AvgIpc) is 2.94. The van der Waals surface area contributed by atoms with Gasteiger partial charge in [0.15, 0.2) is 5.16 Å². The van der Waals surface area contributed by atoms with Crippen LogP contribution in [-0.2, 0) is 6.42 Å². The van der Waals surface area contributed by atoms with Gasteiger partial charge in [-0.25, -0.2) is 9.97 Å². The van der Waals surface area contributed by atoms with Gasteiger partial charge in [0.1, 0.15) is 10.7 Å². The van der Waals surface area contributed by atoms with Crippen LogP contribution in [0.5, 0.6) is 0 Å². The Labute approximate surface area is 139 Å². The number of hydrogen-bond acceptors (Lipinski definition) is 7. The predicted molar refractivity (Wildman–Crippen MR) is 88.0 cm³/mol. The van der Waals surface area contributed by atoms with Crippen molar-refractivity contribution in [1.82, 2.24) is 20.2 Å². The molecule has 6 nitrogen and oxygen atoms in total. The molecular weight excluding hydrogens is 374 g/mol. The molecule has 0 saturated heterocycles. The van der Waals surface area contributed by atoms with Crippen LogP contribution in [0.1, 0.15) is 35.8 Å². The molecule has 0 radical (unpaired) electrons. The number of rotatable bonds is 6. The second-order valence-electron chi connectivity index (χ2n) is 4.01. The first-order valence-corrected chi connectivity index (χ1v) is 9.02. The summed E-state index contributed by atoms with van der Waals surface area (Å²) in [5, 5.41) is 12.6. The van der Waals surface area contributed by atoms with E-state index in [1.54, 1.807) is 6.20 Å². The molecule has 2 aromatic rings. The Morgan fingerprint density at radius 3 is 2.90 bits per heavy atom. The maximum atomic E-state index is 12.3. The van der Waals surface area contributed by atoms with Gasteiger partial charge in [-0.05, 0) is 28.8 Å². The molecule has 0 aliphatic carbocycles. The Morgan fingerprint density at radius 1 is 1.43 bits per heavy atom. The van der Waals surface area contributed by atoms with Gasteiger partial charge in [0.2, 0.25) is 5.13 Å². The van der Waals surface area contributed by atoms with E-state index in [1.165, 1.54) is 23.1 Å². The van der Waals surface area contributed by atoms with E-state index in [2.05, 4.69) is 48.3 Å². The number of nitrogens with one attached hydrogen (secondary N) is 1. The summed E-state index contributed by atoms with van der Waals surface area (Å²) in [5.74, 6) is 0.598. The molecule has 2 rings (SSSR count). The van der Waals surface area contributed by atoms with Gasteiger partial charge in [-0.1, -0.05) is 36.9 Å². The molecule has 1 amide bonds. The topological polar surface area (TPSA) is 80.7 Å². The Morgan fingerprint density at radius 2 is 2.24 bits per heavy atom. The quantitative estimate of drug-likeness (QED) is 0.604. The summed E-state index contributed by atoms with van der Waals surface area (Å²) in [6.45, 7) is 4.07. The van der Waals surface area contributed by atoms with E-state index in [9.17, 15) is 4.79 Å². The van der Waals surface area contributed by atoms with E-state index >= 15 is 0 Å². The van der Waals surface area contributed by atoms with Gasteiger partial charge in [0, 0.05) is 11.9 Å². The maximum Gasteiger partial charge on any atom is 0.277 e. The zero-order valence-corrected chi connectivity index (χ0v) is 14.8. The van der Waals surface area contributed by atoms with Gasteiger partial charge in [0.05, 0.1) is 4.47 Å². The molecule has 1 N–H and O–H groups in total. The summed E-state index contributed by atoms with van der Waals surface area (Å²) in [7, 11) is 0. The normalized spacial score (nSPS) is 10.6. The number of nitrogens with zero attached hydrogens (tertiary/aromatic N) is 4. The molecule has 0 spiro atoms. The highest BCUT2D eigenvalue weighted by Gasteiger charge is 2.16. The van der Waals surface area contributed by atoms with Crippen molar-refractivity contribution in [2.24, 2.45) is 0 Å². The second kappa shape index (κ2) is 7.81. The predicted octanol–water partition coefficient (Wildman–Crippen LogP) is 3.41. The number of carbonyl (C=O) groups is 1. The number of carbonyl (C=O) groups excluding carboxylic acids is 1. The van der Waals surface area contributed by atoms with E-state index in [1.807, 2.05) is 6.92 Å². The van der Waals surface area contributed by atoms with E-state index in [0.29, 0.717) is 20.5 Å². The lowest BCUT2D eigenvalue weighted by atomic mass is 10.4. The molecule has 0 unspecified atom stereocenters. The summed E-state index contributed by atoms with van der Waals surface area (Å²) >= 11 is 6.19. The summed E-state index contributed by atoms with van der Waals surface area (Å²) in [4.78, 5) is 20.7. The van der Waals surface area contributed by atoms with Crippen LogP contribution in [0.4, 0.5) is 5.13 Å². The fraction of sp³-hybridized carbons (Fsp3) is 0.417. The maximum absolute atomic E-state index is 12.3. The smallest absolute Gasteiger partial charge is 0.277 e. The standard InChI is InChI=1S/C12H14BrN5OS2/c1-3-5-20-11-14-6-7(13)9(15-11)10(19)16-12-18-17-8(4-2)21-12/h6H,3-5H2,1-2H3,(H,16,18,19). The van der Waals surface area contributed by atoms with Crippen molar-refractivity contribution >= 4 is 50.1 Å². The summed E-state index contributed by atoms with van der Waals surface area (Å²) < 4.78 is 0.557. The molecule has 0 atom stereocenters. The summed E-state index contributed by atoms with van der Waals surface area (Å²) in [6.07, 6.45) is 3.41. The van der Waals surface area contributed by atoms with Crippen molar-refractivity contribution in [2.45, 2.75) is 31.8 Å². The SMILES string of the molecule is CCCSc1ncc(Br)c(C(=O)Nc2nnc(CC)s2)n1. The highest BCUT2D eigenvalue weighted by atomic mass is 79.9. The summed E-state index contributed by atoms with van der Waals surface area (Å²) in [5.41, 5.74) is 0.303. The molecule has 0 fully saturated rings. The highest BCUT2D eigenvalue weighted by Crippen LogP contribution is 2.21. The lowest BCUT2D eigenvalue weighted by Crippen LogP contribution is -2.15. The summed E-state index contributed by atoms with van der Waals surface area (Å²) in [6, 6.07) is 0. The van der Waals surface area contributed by atoms with Crippen LogP contribution >= 0.6 is 39.0 Å². The monoisotopic (exact) mass is 387 g/mol. The van der Waals surface area contributed by atoms with Crippen LogP contribution in [-0.4, -0.2) is 31.8 Å². The van der Waals surface area contributed by atoms with E-state index in [-0.39, 0.29) is 5.91 Å². The third kappa shape index (κ3) is 4.45. The molecule has 2 heterocycles. The Kier molecular flexibility index (Phi) is 6.07. The number of hydrogen-bond donors (Lipinski definition) is 1. The van der Waals surface area contributed by atoms with E-state index in [0.717, 1.165) is 23.6 Å². The molecule has 0 aliphatic rings. The molecule has 0 bridgehead atoms. The minimum atomic E-state index is -0.318. The molecule has 0 aromatic carbocycles. The lowest BCUT2D eigenvalue weighted by Gasteiger charge is -2.05.